The van der Waals surface area contributed by atoms with Crippen molar-refractivity contribution in [3.63, 3.8) is 0 Å². The molecule has 122 valence electrons. The number of methoxy groups -OCH3 is 3. The van der Waals surface area contributed by atoms with Gasteiger partial charge < -0.3 is 14.2 Å². The van der Waals surface area contributed by atoms with Crippen molar-refractivity contribution in [1.82, 2.24) is 5.43 Å². The molecule has 7 heteroatoms. The Kier molecular flexibility index (Phi) is 5.59. The molecule has 0 aliphatic carbocycles. The Balaban J connectivity index is 2.16. The van der Waals surface area contributed by atoms with E-state index in [9.17, 15) is 4.79 Å². The molecule has 1 amide bonds. The first kappa shape index (κ1) is 16.8. The molecule has 6 nitrogen and oxygen atoms in total. The van der Waals surface area contributed by atoms with Crippen LogP contribution in [-0.4, -0.2) is 33.5 Å². The molecule has 1 heterocycles. The largest absolute Gasteiger partial charge is 0.493 e. The maximum Gasteiger partial charge on any atom is 0.281 e. The van der Waals surface area contributed by atoms with E-state index >= 15 is 0 Å². The molecular weight excluding hydrogens is 316 g/mol. The molecule has 2 rings (SSSR count). The number of nitrogens with zero attached hydrogens (tertiary/aromatic N) is 1. The van der Waals surface area contributed by atoms with Crippen molar-refractivity contribution in [3.05, 3.63) is 39.6 Å². The van der Waals surface area contributed by atoms with Crippen LogP contribution in [0.25, 0.3) is 0 Å². The maximum atomic E-state index is 12.0. The third-order valence-electron chi connectivity index (χ3n) is 3.14. The highest BCUT2D eigenvalue weighted by molar-refractivity contribution is 7.12. The summed E-state index contributed by atoms with van der Waals surface area (Å²) >= 11 is 1.38. The predicted molar refractivity (Wildman–Crippen MR) is 90.2 cm³/mol. The van der Waals surface area contributed by atoms with Gasteiger partial charge in [-0.25, -0.2) is 5.43 Å². The Morgan fingerprint density at radius 3 is 2.30 bits per heavy atom. The van der Waals surface area contributed by atoms with Crippen LogP contribution in [-0.2, 0) is 0 Å². The molecule has 0 bridgehead atoms. The van der Waals surface area contributed by atoms with E-state index in [2.05, 4.69) is 10.5 Å². The normalized spacial score (nSPS) is 10.6. The van der Waals surface area contributed by atoms with Gasteiger partial charge in [0, 0.05) is 5.56 Å². The van der Waals surface area contributed by atoms with Crippen LogP contribution in [0.4, 0.5) is 0 Å². The number of aryl methyl sites for hydroxylation is 1. The number of rotatable bonds is 6. The van der Waals surface area contributed by atoms with Crippen LogP contribution in [0.15, 0.2) is 28.7 Å². The van der Waals surface area contributed by atoms with E-state index in [1.54, 1.807) is 26.4 Å². The Morgan fingerprint density at radius 2 is 1.83 bits per heavy atom. The molecule has 23 heavy (non-hydrogen) atoms. The maximum absolute atomic E-state index is 12.0. The lowest BCUT2D eigenvalue weighted by atomic mass is 10.2. The lowest BCUT2D eigenvalue weighted by molar-refractivity contribution is 0.0958. The van der Waals surface area contributed by atoms with Crippen LogP contribution < -0.4 is 19.6 Å². The Bertz CT molecular complexity index is 700. The molecule has 2 aromatic rings. The van der Waals surface area contributed by atoms with Crippen molar-refractivity contribution < 1.29 is 19.0 Å². The lowest BCUT2D eigenvalue weighted by Gasteiger charge is -2.12. The quantitative estimate of drug-likeness (QED) is 0.651. The molecular formula is C16H18N2O4S. The van der Waals surface area contributed by atoms with Gasteiger partial charge in [-0.2, -0.15) is 5.10 Å². The Labute approximate surface area is 138 Å². The van der Waals surface area contributed by atoms with Gasteiger partial charge in [0.15, 0.2) is 11.5 Å². The lowest BCUT2D eigenvalue weighted by Crippen LogP contribution is -2.17. The molecule has 0 saturated heterocycles. The summed E-state index contributed by atoms with van der Waals surface area (Å²) in [5.74, 6) is 1.31. The van der Waals surface area contributed by atoms with Gasteiger partial charge in [-0.05, 0) is 36.1 Å². The van der Waals surface area contributed by atoms with Gasteiger partial charge >= 0.3 is 0 Å². The molecule has 0 fully saturated rings. The van der Waals surface area contributed by atoms with E-state index < -0.39 is 0 Å². The van der Waals surface area contributed by atoms with Crippen LogP contribution in [0.1, 0.15) is 20.8 Å². The summed E-state index contributed by atoms with van der Waals surface area (Å²) in [6, 6.07) is 5.38. The smallest absolute Gasteiger partial charge is 0.281 e. The number of nitrogens with one attached hydrogen (secondary N) is 1. The number of carbonyl (C=O) groups excluding carboxylic acids is 1. The van der Waals surface area contributed by atoms with Gasteiger partial charge in [-0.1, -0.05) is 0 Å². The molecule has 0 aliphatic rings. The second-order valence-corrected chi connectivity index (χ2v) is 5.51. The molecule has 1 N–H and O–H groups in total. The average Bonchev–Trinajstić information content (AvgIpc) is 2.99. The summed E-state index contributed by atoms with van der Waals surface area (Å²) in [5.41, 5.74) is 4.14. The molecule has 1 aromatic heterocycles. The van der Waals surface area contributed by atoms with E-state index in [4.69, 9.17) is 14.2 Å². The summed E-state index contributed by atoms with van der Waals surface area (Å²) in [6.07, 6.45) is 1.52. The number of ether oxygens (including phenoxy) is 3. The first-order valence-corrected chi connectivity index (χ1v) is 7.66. The van der Waals surface area contributed by atoms with Gasteiger partial charge in [0.25, 0.3) is 5.91 Å². The number of hydrazone groups is 1. The molecule has 0 unspecified atom stereocenters. The highest BCUT2D eigenvalue weighted by atomic mass is 32.1. The average molecular weight is 334 g/mol. The second-order valence-electron chi connectivity index (χ2n) is 4.59. The van der Waals surface area contributed by atoms with Crippen molar-refractivity contribution in [3.8, 4) is 17.2 Å². The molecule has 0 saturated carbocycles. The van der Waals surface area contributed by atoms with Crippen LogP contribution >= 0.6 is 11.3 Å². The number of benzene rings is 1. The molecule has 1 aromatic carbocycles. The van der Waals surface area contributed by atoms with Crippen molar-refractivity contribution in [2.24, 2.45) is 5.10 Å². The van der Waals surface area contributed by atoms with Crippen molar-refractivity contribution >= 4 is 23.5 Å². The van der Waals surface area contributed by atoms with Gasteiger partial charge in [0.05, 0.1) is 32.4 Å². The number of carbonyl (C=O) groups is 1. The molecule has 0 aliphatic heterocycles. The fourth-order valence-electron chi connectivity index (χ4n) is 2.00. The van der Waals surface area contributed by atoms with Crippen molar-refractivity contribution in [2.45, 2.75) is 6.92 Å². The number of hydrogen-bond acceptors (Lipinski definition) is 6. The van der Waals surface area contributed by atoms with Gasteiger partial charge in [-0.15, -0.1) is 11.3 Å². The minimum atomic E-state index is -0.235. The minimum Gasteiger partial charge on any atom is -0.493 e. The second kappa shape index (κ2) is 7.64. The number of amides is 1. The van der Waals surface area contributed by atoms with Crippen LogP contribution in [0.2, 0.25) is 0 Å². The topological polar surface area (TPSA) is 69.2 Å². The van der Waals surface area contributed by atoms with E-state index in [1.165, 1.54) is 24.7 Å². The molecule has 0 radical (unpaired) electrons. The zero-order chi connectivity index (χ0) is 16.8. The monoisotopic (exact) mass is 334 g/mol. The van der Waals surface area contributed by atoms with Gasteiger partial charge in [-0.3, -0.25) is 4.79 Å². The van der Waals surface area contributed by atoms with Crippen LogP contribution in [0.5, 0.6) is 17.2 Å². The number of hydrogen-bond donors (Lipinski definition) is 1. The first-order valence-electron chi connectivity index (χ1n) is 6.78. The third kappa shape index (κ3) is 3.81. The first-order chi connectivity index (χ1) is 11.1. The van der Waals surface area contributed by atoms with E-state index in [1.807, 2.05) is 18.4 Å². The highest BCUT2D eigenvalue weighted by Crippen LogP contribution is 2.37. The summed E-state index contributed by atoms with van der Waals surface area (Å²) in [7, 11) is 4.62. The van der Waals surface area contributed by atoms with Crippen LogP contribution in [0, 0.1) is 6.92 Å². The SMILES string of the molecule is COc1cc(/C=N\NC(=O)c2sccc2C)cc(OC)c1OC. The van der Waals surface area contributed by atoms with Crippen molar-refractivity contribution in [2.75, 3.05) is 21.3 Å². The third-order valence-corrected chi connectivity index (χ3v) is 4.15. The van der Waals surface area contributed by atoms with E-state index in [-0.39, 0.29) is 5.91 Å². The zero-order valence-corrected chi connectivity index (χ0v) is 14.2. The summed E-state index contributed by atoms with van der Waals surface area (Å²) in [6.45, 7) is 1.88. The number of thiophene rings is 1. The standard InChI is InChI=1S/C16H18N2O4S/c1-10-5-6-23-15(10)16(19)18-17-9-11-7-12(20-2)14(22-4)13(8-11)21-3/h5-9H,1-4H3,(H,18,19)/b17-9-. The van der Waals surface area contributed by atoms with Crippen LogP contribution in [0.3, 0.4) is 0 Å². The Morgan fingerprint density at radius 1 is 1.17 bits per heavy atom. The summed E-state index contributed by atoms with van der Waals surface area (Å²) < 4.78 is 15.8. The van der Waals surface area contributed by atoms with Gasteiger partial charge in [0.1, 0.15) is 0 Å². The van der Waals surface area contributed by atoms with Crippen molar-refractivity contribution in [1.29, 1.82) is 0 Å². The zero-order valence-electron chi connectivity index (χ0n) is 13.4. The fraction of sp³-hybridized carbons (Fsp3) is 0.250. The minimum absolute atomic E-state index is 0.235. The van der Waals surface area contributed by atoms with Gasteiger partial charge in [0.2, 0.25) is 5.75 Å². The predicted octanol–water partition coefficient (Wildman–Crippen LogP) is 2.85. The molecule has 0 atom stereocenters. The summed E-state index contributed by atoms with van der Waals surface area (Å²) in [5, 5.41) is 5.84. The van der Waals surface area contributed by atoms with E-state index in [0.29, 0.717) is 27.7 Å². The highest BCUT2D eigenvalue weighted by Gasteiger charge is 2.12. The summed E-state index contributed by atoms with van der Waals surface area (Å²) in [4.78, 5) is 12.6. The fourth-order valence-corrected chi connectivity index (χ4v) is 2.81. The molecule has 0 spiro atoms. The van der Waals surface area contributed by atoms with E-state index in [0.717, 1.165) is 5.56 Å². The Hall–Kier alpha value is -2.54.